The molecule has 10 nitrogen and oxygen atoms in total. The third-order valence-corrected chi connectivity index (χ3v) is 12.3. The molecular weight excluding hydrogens is 597 g/mol. The lowest BCUT2D eigenvalue weighted by molar-refractivity contribution is -0.0391. The van der Waals surface area contributed by atoms with Crippen LogP contribution >= 0.6 is 11.3 Å². The second kappa shape index (κ2) is 12.0. The van der Waals surface area contributed by atoms with E-state index in [-0.39, 0.29) is 16.9 Å². The molecule has 3 aromatic rings. The van der Waals surface area contributed by atoms with Gasteiger partial charge in [-0.15, -0.1) is 21.5 Å². The summed E-state index contributed by atoms with van der Waals surface area (Å²) >= 11 is 1.75. The van der Waals surface area contributed by atoms with Crippen LogP contribution in [-0.4, -0.2) is 72.9 Å². The van der Waals surface area contributed by atoms with Gasteiger partial charge in [0, 0.05) is 49.4 Å². The largest absolute Gasteiger partial charge is 0.492 e. The van der Waals surface area contributed by atoms with Gasteiger partial charge in [-0.3, -0.25) is 14.7 Å². The van der Waals surface area contributed by atoms with E-state index in [2.05, 4.69) is 41.1 Å². The number of hydrogen-bond donors (Lipinski definition) is 1. The highest BCUT2D eigenvalue weighted by atomic mass is 32.2. The molecule has 0 radical (unpaired) electrons. The van der Waals surface area contributed by atoms with Gasteiger partial charge in [0.2, 0.25) is 10.0 Å². The summed E-state index contributed by atoms with van der Waals surface area (Å²) in [6.45, 7) is 6.79. The molecule has 8 rings (SSSR count). The van der Waals surface area contributed by atoms with Crippen molar-refractivity contribution >= 4 is 33.1 Å². The molecule has 5 aliphatic rings. The zero-order valence-corrected chi connectivity index (χ0v) is 26.8. The van der Waals surface area contributed by atoms with Gasteiger partial charge in [0.05, 0.1) is 18.6 Å². The standard InChI is InChI=1S/C32H40N6O4S2/c1-2-42-27-12-25(17-33-18-27)26-13-28(43-20-26)19-37-5-7-38(8-6-37)30-4-3-29(34-35-30)31(39)36-44(40,41)21-32-14-22-9-23(15-32)11-24(10-22)16-32/h3-4,12-13,17-18,20,22-24H,2,5-11,14-16,19,21H2,1H3,(H,36,39). The lowest BCUT2D eigenvalue weighted by Gasteiger charge is -2.56. The average Bonchev–Trinajstić information content (AvgIpc) is 3.45. The number of carbonyl (C=O) groups excluding carboxylic acids is 1. The lowest BCUT2D eigenvalue weighted by atomic mass is 9.50. The van der Waals surface area contributed by atoms with Crippen LogP contribution in [0.4, 0.5) is 5.82 Å². The molecule has 1 N–H and O–H groups in total. The maximum absolute atomic E-state index is 13.1. The van der Waals surface area contributed by atoms with E-state index in [4.69, 9.17) is 4.74 Å². The summed E-state index contributed by atoms with van der Waals surface area (Å²) in [7, 11) is -3.76. The number of sulfonamides is 1. The second-order valence-electron chi connectivity index (χ2n) is 13.3. The summed E-state index contributed by atoms with van der Waals surface area (Å²) in [5.41, 5.74) is 2.06. The quantitative estimate of drug-likeness (QED) is 0.341. The van der Waals surface area contributed by atoms with Crippen LogP contribution in [0.2, 0.25) is 0 Å². The topological polar surface area (TPSA) is 118 Å². The highest BCUT2D eigenvalue weighted by Gasteiger charge is 2.52. The number of ether oxygens (including phenoxy) is 1. The molecule has 4 aliphatic carbocycles. The van der Waals surface area contributed by atoms with Gasteiger partial charge in [-0.25, -0.2) is 13.1 Å². The fourth-order valence-corrected chi connectivity index (χ4v) is 11.1. The molecule has 0 unspecified atom stereocenters. The van der Waals surface area contributed by atoms with Gasteiger partial charge in [0.1, 0.15) is 5.75 Å². The normalized spacial score (nSPS) is 26.6. The number of anilines is 1. The summed E-state index contributed by atoms with van der Waals surface area (Å²) in [4.78, 5) is 23.0. The van der Waals surface area contributed by atoms with E-state index in [1.54, 1.807) is 29.7 Å². The first kappa shape index (κ1) is 29.6. The summed E-state index contributed by atoms with van der Waals surface area (Å²) < 4.78 is 34.1. The Bertz CT molecular complexity index is 1570. The fraction of sp³-hybridized carbons (Fsp3) is 0.562. The van der Waals surface area contributed by atoms with Crippen molar-refractivity contribution in [3.05, 3.63) is 52.6 Å². The number of carbonyl (C=O) groups is 1. The molecule has 4 bridgehead atoms. The maximum Gasteiger partial charge on any atom is 0.285 e. The van der Waals surface area contributed by atoms with Crippen molar-refractivity contribution in [1.29, 1.82) is 0 Å². The Labute approximate surface area is 263 Å². The zero-order chi connectivity index (χ0) is 30.3. The van der Waals surface area contributed by atoms with Gasteiger partial charge in [-0.05, 0) is 104 Å². The molecule has 4 heterocycles. The Morgan fingerprint density at radius 1 is 1.00 bits per heavy atom. The molecule has 1 amide bonds. The first-order chi connectivity index (χ1) is 21.2. The zero-order valence-electron chi connectivity index (χ0n) is 25.2. The highest BCUT2D eigenvalue weighted by Crippen LogP contribution is 2.60. The number of nitrogens with zero attached hydrogens (tertiary/aromatic N) is 5. The van der Waals surface area contributed by atoms with E-state index in [1.807, 2.05) is 19.2 Å². The Balaban J connectivity index is 0.903. The van der Waals surface area contributed by atoms with Gasteiger partial charge >= 0.3 is 0 Å². The van der Waals surface area contributed by atoms with Gasteiger partial charge < -0.3 is 9.64 Å². The van der Waals surface area contributed by atoms with E-state index < -0.39 is 15.9 Å². The minimum atomic E-state index is -3.76. The summed E-state index contributed by atoms with van der Waals surface area (Å²) in [5.74, 6) is 2.78. The number of rotatable bonds is 10. The van der Waals surface area contributed by atoms with Gasteiger partial charge in [0.25, 0.3) is 5.91 Å². The van der Waals surface area contributed by atoms with Crippen LogP contribution in [0.3, 0.4) is 0 Å². The van der Waals surface area contributed by atoms with Gasteiger partial charge in [0.15, 0.2) is 11.5 Å². The molecule has 0 aromatic carbocycles. The minimum absolute atomic E-state index is 0.0250. The second-order valence-corrected chi connectivity index (χ2v) is 16.0. The van der Waals surface area contributed by atoms with E-state index in [0.717, 1.165) is 68.9 Å². The molecule has 1 aliphatic heterocycles. The van der Waals surface area contributed by atoms with E-state index in [9.17, 15) is 13.2 Å². The van der Waals surface area contributed by atoms with Crippen LogP contribution in [0.1, 0.15) is 60.8 Å². The molecule has 4 saturated carbocycles. The van der Waals surface area contributed by atoms with Crippen molar-refractivity contribution in [1.82, 2.24) is 24.8 Å². The number of hydrogen-bond acceptors (Lipinski definition) is 10. The number of thiophene rings is 1. The van der Waals surface area contributed by atoms with Crippen LogP contribution in [0.5, 0.6) is 5.75 Å². The Kier molecular flexibility index (Phi) is 8.09. The first-order valence-electron chi connectivity index (χ1n) is 15.8. The number of pyridine rings is 1. The van der Waals surface area contributed by atoms with Crippen LogP contribution < -0.4 is 14.4 Å². The molecule has 1 saturated heterocycles. The van der Waals surface area contributed by atoms with Gasteiger partial charge in [-0.1, -0.05) is 0 Å². The predicted molar refractivity (Wildman–Crippen MR) is 170 cm³/mol. The molecule has 12 heteroatoms. The highest BCUT2D eigenvalue weighted by molar-refractivity contribution is 7.90. The lowest BCUT2D eigenvalue weighted by Crippen LogP contribution is -2.51. The third-order valence-electron chi connectivity index (χ3n) is 9.88. The van der Waals surface area contributed by atoms with E-state index in [0.29, 0.717) is 30.2 Å². The fourth-order valence-electron chi connectivity index (χ4n) is 8.51. The summed E-state index contributed by atoms with van der Waals surface area (Å²) in [5, 5.41) is 10.6. The summed E-state index contributed by atoms with van der Waals surface area (Å²) in [6.07, 6.45) is 10.3. The van der Waals surface area contributed by atoms with Crippen molar-refractivity contribution in [2.75, 3.05) is 43.4 Å². The molecule has 3 aromatic heterocycles. The SMILES string of the molecule is CCOc1cncc(-c2csc(CN3CCN(c4ccc(C(=O)NS(=O)(=O)CC56CC7CC(CC(C7)C5)C6)nn4)CC3)c2)c1. The molecule has 0 spiro atoms. The smallest absolute Gasteiger partial charge is 0.285 e. The summed E-state index contributed by atoms with van der Waals surface area (Å²) in [6, 6.07) is 7.59. The van der Waals surface area contributed by atoms with Crippen molar-refractivity contribution in [2.24, 2.45) is 23.2 Å². The van der Waals surface area contributed by atoms with E-state index >= 15 is 0 Å². The van der Waals surface area contributed by atoms with Crippen LogP contribution in [0.15, 0.2) is 42.0 Å². The van der Waals surface area contributed by atoms with Crippen LogP contribution in [0.25, 0.3) is 11.1 Å². The molecule has 0 atom stereocenters. The molecular formula is C32H40N6O4S2. The third kappa shape index (κ3) is 6.48. The molecule has 5 fully saturated rings. The Morgan fingerprint density at radius 2 is 1.73 bits per heavy atom. The van der Waals surface area contributed by atoms with Crippen LogP contribution in [-0.2, 0) is 16.6 Å². The monoisotopic (exact) mass is 636 g/mol. The Hall–Kier alpha value is -3.09. The predicted octanol–water partition coefficient (Wildman–Crippen LogP) is 4.60. The van der Waals surface area contributed by atoms with Crippen molar-refractivity contribution in [3.63, 3.8) is 0 Å². The minimum Gasteiger partial charge on any atom is -0.492 e. The van der Waals surface area contributed by atoms with Crippen molar-refractivity contribution in [3.8, 4) is 16.9 Å². The number of piperazine rings is 1. The van der Waals surface area contributed by atoms with Gasteiger partial charge in [-0.2, -0.15) is 0 Å². The first-order valence-corrected chi connectivity index (χ1v) is 18.3. The van der Waals surface area contributed by atoms with Crippen molar-refractivity contribution in [2.45, 2.75) is 52.0 Å². The average molecular weight is 637 g/mol. The molecule has 234 valence electrons. The number of aromatic nitrogens is 3. The molecule has 44 heavy (non-hydrogen) atoms. The number of amides is 1. The van der Waals surface area contributed by atoms with E-state index in [1.165, 1.54) is 24.1 Å². The maximum atomic E-state index is 13.1. The Morgan fingerprint density at radius 3 is 2.39 bits per heavy atom. The van der Waals surface area contributed by atoms with Crippen LogP contribution in [0, 0.1) is 23.2 Å². The number of nitrogens with one attached hydrogen (secondary N) is 1. The van der Waals surface area contributed by atoms with Crippen molar-refractivity contribution < 1.29 is 17.9 Å².